The highest BCUT2D eigenvalue weighted by molar-refractivity contribution is 6.02. The van der Waals surface area contributed by atoms with E-state index in [0.717, 1.165) is 11.6 Å². The topological polar surface area (TPSA) is 116 Å². The molecule has 0 spiro atoms. The van der Waals surface area contributed by atoms with Crippen molar-refractivity contribution >= 4 is 35.8 Å². The summed E-state index contributed by atoms with van der Waals surface area (Å²) >= 11 is 0. The fraction of sp³-hybridized carbons (Fsp3) is 0.516. The minimum Gasteiger partial charge on any atom is -0.459 e. The van der Waals surface area contributed by atoms with Crippen LogP contribution in [0.25, 0.3) is 6.08 Å². The van der Waals surface area contributed by atoms with Crippen LogP contribution in [0.4, 0.5) is 0 Å². The number of hydrogen-bond donors (Lipinski definition) is 0. The third-order valence-corrected chi connectivity index (χ3v) is 6.69. The van der Waals surface area contributed by atoms with Crippen molar-refractivity contribution in [2.75, 3.05) is 0 Å². The van der Waals surface area contributed by atoms with Gasteiger partial charge in [0, 0.05) is 31.3 Å². The third kappa shape index (κ3) is 10.1. The molecule has 1 aliphatic rings. The number of esters is 2. The van der Waals surface area contributed by atoms with Crippen LogP contribution in [0.3, 0.4) is 0 Å². The van der Waals surface area contributed by atoms with E-state index in [1.54, 1.807) is 13.8 Å². The molecule has 0 radical (unpaired) electrons. The molecule has 2 amide bonds. The van der Waals surface area contributed by atoms with Gasteiger partial charge in [0.1, 0.15) is 6.10 Å². The summed E-state index contributed by atoms with van der Waals surface area (Å²) in [5.74, 6) is -3.40. The lowest BCUT2D eigenvalue weighted by Gasteiger charge is -2.28. The highest BCUT2D eigenvalue weighted by atomic mass is 16.7. The Morgan fingerprint density at radius 3 is 2.20 bits per heavy atom. The molecule has 0 bridgehead atoms. The van der Waals surface area contributed by atoms with Crippen LogP contribution >= 0.6 is 0 Å². The van der Waals surface area contributed by atoms with Crippen LogP contribution in [0.15, 0.2) is 48.6 Å². The normalized spacial score (nSPS) is 16.4. The number of carbonyl (C=O) groups is 5. The van der Waals surface area contributed by atoms with Crippen LogP contribution in [-0.2, 0) is 38.3 Å². The van der Waals surface area contributed by atoms with Crippen molar-refractivity contribution in [1.29, 1.82) is 0 Å². The second kappa shape index (κ2) is 15.1. The van der Waals surface area contributed by atoms with Gasteiger partial charge in [0.15, 0.2) is 6.10 Å². The van der Waals surface area contributed by atoms with E-state index < -0.39 is 47.3 Å². The summed E-state index contributed by atoms with van der Waals surface area (Å²) in [6.45, 7) is 11.1. The maximum atomic E-state index is 13.3. The van der Waals surface area contributed by atoms with Crippen LogP contribution < -0.4 is 0 Å². The number of rotatable bonds is 14. The predicted octanol–water partition coefficient (Wildman–Crippen LogP) is 5.20. The number of hydrogen-bond acceptors (Lipinski definition) is 8. The lowest BCUT2D eigenvalue weighted by atomic mass is 9.90. The van der Waals surface area contributed by atoms with Gasteiger partial charge in [0.05, 0.1) is 5.41 Å². The van der Waals surface area contributed by atoms with Crippen LogP contribution in [-0.4, -0.2) is 47.0 Å². The van der Waals surface area contributed by atoms with Gasteiger partial charge in [-0.05, 0) is 38.2 Å². The summed E-state index contributed by atoms with van der Waals surface area (Å²) in [7, 11) is 0. The second-order valence-corrected chi connectivity index (χ2v) is 11.0. The van der Waals surface area contributed by atoms with E-state index in [1.807, 2.05) is 70.2 Å². The monoisotopic (exact) mass is 555 g/mol. The van der Waals surface area contributed by atoms with E-state index in [0.29, 0.717) is 17.9 Å². The van der Waals surface area contributed by atoms with Crippen molar-refractivity contribution in [2.45, 2.75) is 85.9 Å². The van der Waals surface area contributed by atoms with Gasteiger partial charge < -0.3 is 14.3 Å². The second-order valence-electron chi connectivity index (χ2n) is 11.0. The van der Waals surface area contributed by atoms with Crippen molar-refractivity contribution < 1.29 is 38.3 Å². The van der Waals surface area contributed by atoms with Crippen molar-refractivity contribution in [3.05, 3.63) is 54.1 Å². The zero-order valence-electron chi connectivity index (χ0n) is 24.3. The Morgan fingerprint density at radius 1 is 1.00 bits per heavy atom. The van der Waals surface area contributed by atoms with Crippen LogP contribution in [0.1, 0.15) is 79.2 Å². The number of imide groups is 1. The van der Waals surface area contributed by atoms with E-state index in [2.05, 4.69) is 0 Å². The van der Waals surface area contributed by atoms with Gasteiger partial charge in [-0.15, -0.1) is 5.06 Å². The number of benzene rings is 1. The number of nitrogens with zero attached hydrogens (tertiary/aromatic N) is 1. The molecule has 9 nitrogen and oxygen atoms in total. The van der Waals surface area contributed by atoms with E-state index in [-0.39, 0.29) is 31.1 Å². The zero-order chi connectivity index (χ0) is 29.9. The summed E-state index contributed by atoms with van der Waals surface area (Å²) in [6, 6.07) is 9.61. The van der Waals surface area contributed by atoms with Gasteiger partial charge in [-0.1, -0.05) is 76.3 Å². The molecule has 1 aromatic carbocycles. The first-order chi connectivity index (χ1) is 18.8. The smallest absolute Gasteiger partial charge is 0.356 e. The first kappa shape index (κ1) is 32.5. The molecular formula is C31H41NO8. The molecule has 1 fully saturated rings. The maximum Gasteiger partial charge on any atom is 0.356 e. The molecule has 1 aliphatic heterocycles. The minimum atomic E-state index is -1.08. The van der Waals surface area contributed by atoms with Crippen molar-refractivity contribution in [3.8, 4) is 0 Å². The molecule has 1 saturated heterocycles. The predicted molar refractivity (Wildman–Crippen MR) is 149 cm³/mol. The number of carbonyl (C=O) groups excluding carboxylic acids is 5. The third-order valence-electron chi connectivity index (χ3n) is 6.69. The molecule has 0 saturated carbocycles. The Labute approximate surface area is 236 Å². The molecule has 2 rings (SSSR count). The molecule has 0 aliphatic carbocycles. The number of hydroxylamine groups is 2. The van der Waals surface area contributed by atoms with Gasteiger partial charge in [-0.25, -0.2) is 9.59 Å². The van der Waals surface area contributed by atoms with E-state index in [1.165, 1.54) is 6.08 Å². The van der Waals surface area contributed by atoms with Crippen LogP contribution in [0.5, 0.6) is 0 Å². The molecule has 0 N–H and O–H groups in total. The Hall–Kier alpha value is -3.75. The number of ether oxygens (including phenoxy) is 2. The Morgan fingerprint density at radius 2 is 1.62 bits per heavy atom. The Bertz CT molecular complexity index is 1090. The standard InChI is InChI=1S/C31H41NO8/c1-7-31(5,6)30(37)39-25(20-21(2)3)29(36)38-24(22(4)16-17-23-12-9-8-10-13-23)14-11-15-28(35)40-32-26(33)18-19-27(32)34/h8-13,15-17,21-22,24-25H,7,14,18-20H2,1-6H3/b15-11+,17-16+/t22-,24+,25+/m1/s1. The minimum absolute atomic E-state index is 0.00330. The van der Waals surface area contributed by atoms with E-state index in [9.17, 15) is 24.0 Å². The SMILES string of the molecule is CCC(C)(C)C(=O)O[C@@H](CC(C)C)C(=O)O[C@@H](C/C=C/C(=O)ON1C(=O)CCC1=O)[C@H](C)/C=C/c1ccccc1. The number of amides is 2. The van der Waals surface area contributed by atoms with Crippen molar-refractivity contribution in [1.82, 2.24) is 5.06 Å². The van der Waals surface area contributed by atoms with Gasteiger partial charge in [-0.3, -0.25) is 14.4 Å². The van der Waals surface area contributed by atoms with E-state index in [4.69, 9.17) is 14.3 Å². The lowest BCUT2D eigenvalue weighted by molar-refractivity contribution is -0.193. The fourth-order valence-corrected chi connectivity index (χ4v) is 3.68. The molecule has 40 heavy (non-hydrogen) atoms. The molecule has 0 unspecified atom stereocenters. The molecule has 218 valence electrons. The molecule has 1 heterocycles. The fourth-order valence-electron chi connectivity index (χ4n) is 3.68. The molecule has 1 aromatic rings. The summed E-state index contributed by atoms with van der Waals surface area (Å²) in [6.07, 6.45) is 5.53. The molecule has 0 aromatic heterocycles. The van der Waals surface area contributed by atoms with Gasteiger partial charge in [0.2, 0.25) is 0 Å². The summed E-state index contributed by atoms with van der Waals surface area (Å²) in [5.41, 5.74) is 0.217. The van der Waals surface area contributed by atoms with Crippen molar-refractivity contribution in [2.24, 2.45) is 17.3 Å². The first-order valence-electron chi connectivity index (χ1n) is 13.7. The molecular weight excluding hydrogens is 514 g/mol. The molecule has 9 heteroatoms. The maximum absolute atomic E-state index is 13.3. The Kier molecular flexibility index (Phi) is 12.3. The Balaban J connectivity index is 2.19. The van der Waals surface area contributed by atoms with Gasteiger partial charge in [0.25, 0.3) is 11.8 Å². The first-order valence-corrected chi connectivity index (χ1v) is 13.7. The van der Waals surface area contributed by atoms with Gasteiger partial charge >= 0.3 is 17.9 Å². The average Bonchev–Trinajstić information content (AvgIpc) is 3.22. The molecule has 3 atom stereocenters. The largest absolute Gasteiger partial charge is 0.459 e. The highest BCUT2D eigenvalue weighted by Gasteiger charge is 2.35. The van der Waals surface area contributed by atoms with Gasteiger partial charge in [-0.2, -0.15) is 0 Å². The van der Waals surface area contributed by atoms with E-state index >= 15 is 0 Å². The quantitative estimate of drug-likeness (QED) is 0.175. The van der Waals surface area contributed by atoms with Crippen LogP contribution in [0.2, 0.25) is 0 Å². The average molecular weight is 556 g/mol. The van der Waals surface area contributed by atoms with Crippen LogP contribution in [0, 0.1) is 17.3 Å². The van der Waals surface area contributed by atoms with Crippen molar-refractivity contribution in [3.63, 3.8) is 0 Å². The lowest BCUT2D eigenvalue weighted by Crippen LogP contribution is -2.38. The highest BCUT2D eigenvalue weighted by Crippen LogP contribution is 2.25. The summed E-state index contributed by atoms with van der Waals surface area (Å²) in [4.78, 5) is 66.5. The zero-order valence-corrected chi connectivity index (χ0v) is 24.3. The summed E-state index contributed by atoms with van der Waals surface area (Å²) in [5, 5.41) is 0.470. The summed E-state index contributed by atoms with van der Waals surface area (Å²) < 4.78 is 11.5.